The number of anilines is 1. The summed E-state index contributed by atoms with van der Waals surface area (Å²) in [5, 5.41) is 9.56. The molecule has 1 atom stereocenters. The van der Waals surface area contributed by atoms with Crippen LogP contribution in [-0.2, 0) is 4.79 Å². The quantitative estimate of drug-likeness (QED) is 0.873. The number of amides is 2. The van der Waals surface area contributed by atoms with Crippen molar-refractivity contribution in [3.63, 3.8) is 0 Å². The molecule has 2 amide bonds. The van der Waals surface area contributed by atoms with Gasteiger partial charge in [0.25, 0.3) is 0 Å². The van der Waals surface area contributed by atoms with E-state index in [-0.39, 0.29) is 12.6 Å². The first-order valence-electron chi connectivity index (χ1n) is 5.03. The van der Waals surface area contributed by atoms with E-state index in [0.29, 0.717) is 10.7 Å². The molecule has 2 rings (SSSR count). The van der Waals surface area contributed by atoms with Gasteiger partial charge in [0.2, 0.25) is 0 Å². The summed E-state index contributed by atoms with van der Waals surface area (Å²) in [6.45, 7) is 0.167. The fraction of sp³-hybridized carbons (Fsp3) is 0.273. The topological polar surface area (TPSA) is 60.9 Å². The van der Waals surface area contributed by atoms with E-state index >= 15 is 0 Å². The van der Waals surface area contributed by atoms with Crippen LogP contribution < -0.4 is 4.90 Å². The summed E-state index contributed by atoms with van der Waals surface area (Å²) in [6, 6.07) is 5.39. The number of benzene rings is 1. The monoisotopic (exact) mass is 254 g/mol. The van der Waals surface area contributed by atoms with E-state index in [1.807, 2.05) is 0 Å². The maximum absolute atomic E-state index is 11.9. The molecule has 0 saturated carbocycles. The molecule has 1 fully saturated rings. The molecule has 0 spiro atoms. The number of aliphatic carboxylic acids is 1. The molecule has 17 heavy (non-hydrogen) atoms. The number of hydrogen-bond donors (Lipinski definition) is 1. The smallest absolute Gasteiger partial charge is 0.328 e. The summed E-state index contributed by atoms with van der Waals surface area (Å²) in [5.41, 5.74) is 0.499. The summed E-state index contributed by atoms with van der Waals surface area (Å²) in [5.74, 6) is -1.03. The zero-order chi connectivity index (χ0) is 12.6. The first kappa shape index (κ1) is 11.7. The lowest BCUT2D eigenvalue weighted by Crippen LogP contribution is -2.39. The molecule has 0 bridgehead atoms. The fourth-order valence-corrected chi connectivity index (χ4v) is 2.03. The van der Waals surface area contributed by atoms with Gasteiger partial charge in [0, 0.05) is 17.8 Å². The van der Waals surface area contributed by atoms with Crippen molar-refractivity contribution in [3.05, 3.63) is 29.3 Å². The normalized spacial score (nSPS) is 19.9. The number of rotatable bonds is 2. The lowest BCUT2D eigenvalue weighted by molar-refractivity contribution is -0.138. The molecule has 90 valence electrons. The molecule has 6 heteroatoms. The lowest BCUT2D eigenvalue weighted by Gasteiger charge is -2.20. The first-order chi connectivity index (χ1) is 8.00. The third-order valence-corrected chi connectivity index (χ3v) is 2.90. The highest BCUT2D eigenvalue weighted by Gasteiger charge is 2.40. The minimum absolute atomic E-state index is 0.167. The number of carboxylic acid groups (broad SMARTS) is 1. The number of halogens is 1. The highest BCUT2D eigenvalue weighted by molar-refractivity contribution is 6.31. The van der Waals surface area contributed by atoms with E-state index in [2.05, 4.69) is 0 Å². The Morgan fingerprint density at radius 3 is 2.82 bits per heavy atom. The van der Waals surface area contributed by atoms with Gasteiger partial charge in [-0.05, 0) is 18.2 Å². The third kappa shape index (κ3) is 2.06. The number of hydrogen-bond acceptors (Lipinski definition) is 2. The fourth-order valence-electron chi connectivity index (χ4n) is 1.84. The number of carbonyl (C=O) groups excluding carboxylic acids is 1. The van der Waals surface area contributed by atoms with E-state index in [9.17, 15) is 9.59 Å². The van der Waals surface area contributed by atoms with Gasteiger partial charge in [0.1, 0.15) is 0 Å². The summed E-state index contributed by atoms with van der Waals surface area (Å²) in [7, 11) is 1.57. The molecule has 0 radical (unpaired) electrons. The van der Waals surface area contributed by atoms with Gasteiger partial charge in [0.15, 0.2) is 6.04 Å². The molecule has 1 unspecified atom stereocenters. The van der Waals surface area contributed by atoms with Crippen LogP contribution in [0, 0.1) is 0 Å². The van der Waals surface area contributed by atoms with Gasteiger partial charge in [-0.15, -0.1) is 0 Å². The maximum Gasteiger partial charge on any atom is 0.328 e. The highest BCUT2D eigenvalue weighted by atomic mass is 35.5. The van der Waals surface area contributed by atoms with E-state index in [1.165, 1.54) is 9.80 Å². The molecule has 1 aromatic carbocycles. The molecule has 1 aliphatic rings. The predicted octanol–water partition coefficient (Wildman–Crippen LogP) is 1.66. The van der Waals surface area contributed by atoms with Crippen molar-refractivity contribution in [2.24, 2.45) is 0 Å². The van der Waals surface area contributed by atoms with Crippen LogP contribution in [0.5, 0.6) is 0 Å². The average molecular weight is 255 g/mol. The molecule has 1 aromatic rings. The van der Waals surface area contributed by atoms with Gasteiger partial charge in [0.05, 0.1) is 6.54 Å². The van der Waals surface area contributed by atoms with Crippen LogP contribution in [0.15, 0.2) is 24.3 Å². The van der Waals surface area contributed by atoms with E-state index in [0.717, 1.165) is 0 Å². The van der Waals surface area contributed by atoms with E-state index in [1.54, 1.807) is 31.3 Å². The van der Waals surface area contributed by atoms with Crippen LogP contribution in [0.3, 0.4) is 0 Å². The number of carbonyl (C=O) groups is 2. The molecular weight excluding hydrogens is 244 g/mol. The van der Waals surface area contributed by atoms with Crippen molar-refractivity contribution in [2.75, 3.05) is 18.5 Å². The Morgan fingerprint density at radius 2 is 2.24 bits per heavy atom. The number of nitrogens with zero attached hydrogens (tertiary/aromatic N) is 2. The van der Waals surface area contributed by atoms with Gasteiger partial charge in [-0.2, -0.15) is 0 Å². The first-order valence-corrected chi connectivity index (χ1v) is 5.41. The Kier molecular flexibility index (Phi) is 2.93. The van der Waals surface area contributed by atoms with Gasteiger partial charge < -0.3 is 10.0 Å². The van der Waals surface area contributed by atoms with Gasteiger partial charge in [-0.25, -0.2) is 9.59 Å². The van der Waals surface area contributed by atoms with Crippen LogP contribution in [0.25, 0.3) is 0 Å². The Bertz CT molecular complexity index is 478. The van der Waals surface area contributed by atoms with Crippen molar-refractivity contribution in [3.8, 4) is 0 Å². The molecular formula is C11H11ClN2O3. The predicted molar refractivity (Wildman–Crippen MR) is 63.4 cm³/mol. The number of carboxylic acids is 1. The Labute approximate surface area is 103 Å². The largest absolute Gasteiger partial charge is 0.480 e. The summed E-state index contributed by atoms with van der Waals surface area (Å²) >= 11 is 5.84. The van der Waals surface area contributed by atoms with E-state index in [4.69, 9.17) is 16.7 Å². The van der Waals surface area contributed by atoms with Gasteiger partial charge in [-0.1, -0.05) is 17.7 Å². The van der Waals surface area contributed by atoms with Gasteiger partial charge >= 0.3 is 12.0 Å². The highest BCUT2D eigenvalue weighted by Crippen LogP contribution is 2.26. The maximum atomic E-state index is 11.9. The molecule has 1 aliphatic heterocycles. The molecule has 1 saturated heterocycles. The number of likely N-dealkylation sites (N-methyl/N-ethyl adjacent to an activating group) is 1. The molecule has 1 heterocycles. The van der Waals surface area contributed by atoms with E-state index < -0.39 is 12.0 Å². The molecule has 0 aromatic heterocycles. The standard InChI is InChI=1S/C11H11ClN2O3/c1-13-6-9(10(15)16)14(11(13)17)8-4-2-3-7(12)5-8/h2-5,9H,6H2,1H3,(H,15,16). The minimum atomic E-state index is -1.03. The van der Waals surface area contributed by atoms with Crippen molar-refractivity contribution >= 4 is 29.3 Å². The SMILES string of the molecule is CN1CC(C(=O)O)N(c2cccc(Cl)c2)C1=O. The number of urea groups is 1. The van der Waals surface area contributed by atoms with Crippen molar-refractivity contribution in [1.82, 2.24) is 4.90 Å². The molecule has 5 nitrogen and oxygen atoms in total. The van der Waals surface area contributed by atoms with Crippen LogP contribution in [0.1, 0.15) is 0 Å². The van der Waals surface area contributed by atoms with Crippen molar-refractivity contribution < 1.29 is 14.7 Å². The van der Waals surface area contributed by atoms with Crippen LogP contribution >= 0.6 is 11.6 Å². The Morgan fingerprint density at radius 1 is 1.53 bits per heavy atom. The van der Waals surface area contributed by atoms with Crippen LogP contribution in [0.2, 0.25) is 5.02 Å². The Hall–Kier alpha value is -1.75. The van der Waals surface area contributed by atoms with Crippen LogP contribution in [-0.4, -0.2) is 41.6 Å². The second kappa shape index (κ2) is 4.25. The third-order valence-electron chi connectivity index (χ3n) is 2.66. The zero-order valence-electron chi connectivity index (χ0n) is 9.13. The van der Waals surface area contributed by atoms with Crippen LogP contribution in [0.4, 0.5) is 10.5 Å². The summed E-state index contributed by atoms with van der Waals surface area (Å²) in [6.07, 6.45) is 0. The van der Waals surface area contributed by atoms with Crippen molar-refractivity contribution in [1.29, 1.82) is 0 Å². The Balaban J connectivity index is 2.41. The summed E-state index contributed by atoms with van der Waals surface area (Å²) in [4.78, 5) is 25.6. The minimum Gasteiger partial charge on any atom is -0.480 e. The molecule has 0 aliphatic carbocycles. The van der Waals surface area contributed by atoms with Crippen molar-refractivity contribution in [2.45, 2.75) is 6.04 Å². The average Bonchev–Trinajstić information content (AvgIpc) is 2.56. The second-order valence-corrected chi connectivity index (χ2v) is 4.30. The lowest BCUT2D eigenvalue weighted by atomic mass is 10.2. The molecule has 1 N–H and O–H groups in total. The zero-order valence-corrected chi connectivity index (χ0v) is 9.89. The van der Waals surface area contributed by atoms with Gasteiger partial charge in [-0.3, -0.25) is 4.90 Å². The second-order valence-electron chi connectivity index (χ2n) is 3.87. The summed E-state index contributed by atoms with van der Waals surface area (Å²) < 4.78 is 0.